The van der Waals surface area contributed by atoms with Gasteiger partial charge >= 0.3 is 0 Å². The zero-order chi connectivity index (χ0) is 23.4. The van der Waals surface area contributed by atoms with Gasteiger partial charge < -0.3 is 19.4 Å². The quantitative estimate of drug-likeness (QED) is 0.405. The zero-order valence-corrected chi connectivity index (χ0v) is 19.5. The van der Waals surface area contributed by atoms with Crippen LogP contribution in [0.1, 0.15) is 40.3 Å². The number of methoxy groups -OCH3 is 1. The normalized spacial score (nSPS) is 11.9. The molecule has 1 unspecified atom stereocenters. The van der Waals surface area contributed by atoms with Crippen molar-refractivity contribution in [3.05, 3.63) is 89.2 Å². The minimum absolute atomic E-state index is 0.174. The number of rotatable bonds is 8. The Bertz CT molecular complexity index is 1260. The first-order chi connectivity index (χ1) is 16.0. The Morgan fingerprint density at radius 3 is 2.52 bits per heavy atom. The van der Waals surface area contributed by atoms with Crippen molar-refractivity contribution in [2.45, 2.75) is 33.4 Å². The van der Waals surface area contributed by atoms with Gasteiger partial charge in [0.1, 0.15) is 23.9 Å². The molecule has 0 spiro atoms. The number of aryl methyl sites for hydroxylation is 2. The summed E-state index contributed by atoms with van der Waals surface area (Å²) in [4.78, 5) is 17.7. The van der Waals surface area contributed by atoms with E-state index in [-0.39, 0.29) is 11.9 Å². The molecule has 1 atom stereocenters. The van der Waals surface area contributed by atoms with Gasteiger partial charge in [-0.3, -0.25) is 4.79 Å². The molecule has 0 aliphatic heterocycles. The van der Waals surface area contributed by atoms with Crippen molar-refractivity contribution in [1.82, 2.24) is 14.9 Å². The third-order valence-electron chi connectivity index (χ3n) is 5.72. The van der Waals surface area contributed by atoms with Crippen LogP contribution >= 0.6 is 0 Å². The lowest BCUT2D eigenvalue weighted by molar-refractivity contribution is 0.0937. The maximum absolute atomic E-state index is 12.9. The molecule has 170 valence electrons. The fraction of sp³-hybridized carbons (Fsp3) is 0.259. The first kappa shape index (κ1) is 22.4. The highest BCUT2D eigenvalue weighted by Crippen LogP contribution is 2.24. The standard InChI is InChI=1S/C27H29N3O3/c1-18-9-7-10-19(2)25(18)33-16-15-30-24-14-6-5-13-23(24)29-26(30)20(3)28-27(31)21-11-8-12-22(17-21)32-4/h5-14,17,20H,15-16H2,1-4H3,(H,28,31). The maximum Gasteiger partial charge on any atom is 0.251 e. The number of fused-ring (bicyclic) bond motifs is 1. The predicted molar refractivity (Wildman–Crippen MR) is 130 cm³/mol. The number of hydrogen-bond acceptors (Lipinski definition) is 4. The number of hydrogen-bond donors (Lipinski definition) is 1. The van der Waals surface area contributed by atoms with Crippen LogP contribution in [0.5, 0.6) is 11.5 Å². The first-order valence-electron chi connectivity index (χ1n) is 11.1. The average Bonchev–Trinajstić information content (AvgIpc) is 3.19. The molecule has 3 aromatic carbocycles. The largest absolute Gasteiger partial charge is 0.497 e. The Hall–Kier alpha value is -3.80. The van der Waals surface area contributed by atoms with Gasteiger partial charge in [0.25, 0.3) is 5.91 Å². The van der Waals surface area contributed by atoms with Gasteiger partial charge in [0.15, 0.2) is 0 Å². The van der Waals surface area contributed by atoms with Crippen LogP contribution in [0, 0.1) is 13.8 Å². The molecule has 0 aliphatic rings. The van der Waals surface area contributed by atoms with Crippen molar-refractivity contribution in [3.8, 4) is 11.5 Å². The van der Waals surface area contributed by atoms with E-state index in [1.165, 1.54) is 0 Å². The molecular formula is C27H29N3O3. The summed E-state index contributed by atoms with van der Waals surface area (Å²) in [6.07, 6.45) is 0. The second-order valence-electron chi connectivity index (χ2n) is 8.11. The number of aromatic nitrogens is 2. The topological polar surface area (TPSA) is 65.4 Å². The lowest BCUT2D eigenvalue weighted by Gasteiger charge is -2.18. The molecule has 4 aromatic rings. The Kier molecular flexibility index (Phi) is 6.63. The number of imidazole rings is 1. The molecule has 1 N–H and O–H groups in total. The molecule has 0 radical (unpaired) electrons. The van der Waals surface area contributed by atoms with Gasteiger partial charge in [-0.2, -0.15) is 0 Å². The second-order valence-corrected chi connectivity index (χ2v) is 8.11. The second kappa shape index (κ2) is 9.77. The van der Waals surface area contributed by atoms with Crippen LogP contribution in [0.25, 0.3) is 11.0 Å². The lowest BCUT2D eigenvalue weighted by Crippen LogP contribution is -2.29. The molecule has 0 aliphatic carbocycles. The SMILES string of the molecule is COc1cccc(C(=O)NC(C)c2nc3ccccc3n2CCOc2c(C)cccc2C)c1. The molecule has 4 rings (SSSR count). The third kappa shape index (κ3) is 4.85. The highest BCUT2D eigenvalue weighted by Gasteiger charge is 2.19. The molecule has 0 saturated carbocycles. The van der Waals surface area contributed by atoms with Crippen molar-refractivity contribution < 1.29 is 14.3 Å². The number of carbonyl (C=O) groups is 1. The molecule has 1 aromatic heterocycles. The van der Waals surface area contributed by atoms with Crippen LogP contribution in [-0.4, -0.2) is 29.2 Å². The van der Waals surface area contributed by atoms with E-state index in [9.17, 15) is 4.79 Å². The molecule has 1 amide bonds. The van der Waals surface area contributed by atoms with Crippen LogP contribution in [0.15, 0.2) is 66.7 Å². The van der Waals surface area contributed by atoms with Gasteiger partial charge in [0.05, 0.1) is 30.7 Å². The van der Waals surface area contributed by atoms with Crippen molar-refractivity contribution in [1.29, 1.82) is 0 Å². The van der Waals surface area contributed by atoms with E-state index in [1.54, 1.807) is 25.3 Å². The Balaban J connectivity index is 1.55. The number of benzene rings is 3. The summed E-state index contributed by atoms with van der Waals surface area (Å²) in [7, 11) is 1.59. The predicted octanol–water partition coefficient (Wildman–Crippen LogP) is 5.23. The summed E-state index contributed by atoms with van der Waals surface area (Å²) in [5.41, 5.74) is 4.68. The van der Waals surface area contributed by atoms with Crippen molar-refractivity contribution in [2.75, 3.05) is 13.7 Å². The van der Waals surface area contributed by atoms with Crippen molar-refractivity contribution >= 4 is 16.9 Å². The van der Waals surface area contributed by atoms with E-state index >= 15 is 0 Å². The van der Waals surface area contributed by atoms with E-state index in [4.69, 9.17) is 14.5 Å². The smallest absolute Gasteiger partial charge is 0.251 e. The highest BCUT2D eigenvalue weighted by atomic mass is 16.5. The summed E-state index contributed by atoms with van der Waals surface area (Å²) in [6.45, 7) is 7.16. The van der Waals surface area contributed by atoms with E-state index in [0.717, 1.165) is 33.7 Å². The van der Waals surface area contributed by atoms with Crippen LogP contribution in [0.2, 0.25) is 0 Å². The lowest BCUT2D eigenvalue weighted by atomic mass is 10.1. The van der Waals surface area contributed by atoms with E-state index < -0.39 is 0 Å². The van der Waals surface area contributed by atoms with Gasteiger partial charge in [-0.05, 0) is 62.2 Å². The number of nitrogens with zero attached hydrogens (tertiary/aromatic N) is 2. The average molecular weight is 444 g/mol. The minimum atomic E-state index is -0.295. The molecular weight excluding hydrogens is 414 g/mol. The zero-order valence-electron chi connectivity index (χ0n) is 19.5. The molecule has 33 heavy (non-hydrogen) atoms. The minimum Gasteiger partial charge on any atom is -0.497 e. The summed E-state index contributed by atoms with van der Waals surface area (Å²) in [5.74, 6) is 2.18. The Morgan fingerprint density at radius 1 is 1.03 bits per heavy atom. The number of carbonyl (C=O) groups excluding carboxylic acids is 1. The van der Waals surface area contributed by atoms with Gasteiger partial charge in [0.2, 0.25) is 0 Å². The molecule has 0 saturated heterocycles. The van der Waals surface area contributed by atoms with Crippen LogP contribution in [0.3, 0.4) is 0 Å². The van der Waals surface area contributed by atoms with Crippen molar-refractivity contribution in [2.24, 2.45) is 0 Å². The first-order valence-corrected chi connectivity index (χ1v) is 11.1. The van der Waals surface area contributed by atoms with E-state index in [1.807, 2.05) is 43.3 Å². The summed E-state index contributed by atoms with van der Waals surface area (Å²) in [6, 6.07) is 20.9. The van der Waals surface area contributed by atoms with Crippen molar-refractivity contribution in [3.63, 3.8) is 0 Å². The fourth-order valence-electron chi connectivity index (χ4n) is 4.03. The van der Waals surface area contributed by atoms with Gasteiger partial charge in [-0.1, -0.05) is 36.4 Å². The maximum atomic E-state index is 12.9. The number of para-hydroxylation sites is 3. The Morgan fingerprint density at radius 2 is 1.76 bits per heavy atom. The summed E-state index contributed by atoms with van der Waals surface area (Å²) >= 11 is 0. The van der Waals surface area contributed by atoms with Gasteiger partial charge in [-0.15, -0.1) is 0 Å². The van der Waals surface area contributed by atoms with Gasteiger partial charge in [0, 0.05) is 5.56 Å². The summed E-state index contributed by atoms with van der Waals surface area (Å²) < 4.78 is 13.5. The molecule has 0 bridgehead atoms. The molecule has 6 heteroatoms. The van der Waals surface area contributed by atoms with Crippen LogP contribution in [0.4, 0.5) is 0 Å². The fourth-order valence-corrected chi connectivity index (χ4v) is 4.03. The molecule has 0 fully saturated rings. The van der Waals surface area contributed by atoms with Gasteiger partial charge in [-0.25, -0.2) is 4.98 Å². The summed E-state index contributed by atoms with van der Waals surface area (Å²) in [5, 5.41) is 3.07. The van der Waals surface area contributed by atoms with Crippen LogP contribution in [-0.2, 0) is 6.54 Å². The van der Waals surface area contributed by atoms with E-state index in [2.05, 4.69) is 35.9 Å². The van der Waals surface area contributed by atoms with E-state index in [0.29, 0.717) is 24.5 Å². The monoisotopic (exact) mass is 443 g/mol. The number of nitrogens with one attached hydrogen (secondary N) is 1. The Labute approximate surface area is 194 Å². The third-order valence-corrected chi connectivity index (χ3v) is 5.72. The van der Waals surface area contributed by atoms with Crippen LogP contribution < -0.4 is 14.8 Å². The number of ether oxygens (including phenoxy) is 2. The molecule has 6 nitrogen and oxygen atoms in total. The number of amides is 1. The molecule has 1 heterocycles. The highest BCUT2D eigenvalue weighted by molar-refractivity contribution is 5.94.